The Morgan fingerprint density at radius 2 is 1.79 bits per heavy atom. The number of amides is 3. The minimum absolute atomic E-state index is 0.000646. The molecule has 0 spiro atoms. The molecule has 1 aliphatic heterocycles. The van der Waals surface area contributed by atoms with E-state index >= 15 is 0 Å². The number of nitrogens with one attached hydrogen (secondary N) is 2. The molecule has 178 valence electrons. The van der Waals surface area contributed by atoms with Gasteiger partial charge in [-0.1, -0.05) is 29.8 Å². The van der Waals surface area contributed by atoms with Crippen LogP contribution in [0.4, 0.5) is 23.7 Å². The fourth-order valence-electron chi connectivity index (χ4n) is 3.46. The number of hydrogen-bond donors (Lipinski definition) is 2. The van der Waals surface area contributed by atoms with E-state index in [4.69, 9.17) is 16.3 Å². The van der Waals surface area contributed by atoms with Crippen LogP contribution in [0.3, 0.4) is 0 Å². The van der Waals surface area contributed by atoms with E-state index < -0.39 is 22.7 Å². The van der Waals surface area contributed by atoms with Crippen LogP contribution in [0.1, 0.15) is 11.1 Å². The van der Waals surface area contributed by atoms with E-state index in [0.717, 1.165) is 17.7 Å². The molecule has 2 aromatic carbocycles. The van der Waals surface area contributed by atoms with Gasteiger partial charge in [0.05, 0.1) is 24.2 Å². The highest BCUT2D eigenvalue weighted by Crippen LogP contribution is 2.36. The number of rotatable bonds is 6. The molecule has 0 unspecified atom stereocenters. The van der Waals surface area contributed by atoms with Crippen LogP contribution >= 0.6 is 11.6 Å². The van der Waals surface area contributed by atoms with E-state index in [1.165, 1.54) is 6.07 Å². The number of carbonyl (C=O) groups is 2. The number of urea groups is 1. The van der Waals surface area contributed by atoms with Crippen LogP contribution in [0, 0.1) is 0 Å². The number of anilines is 1. The second kappa shape index (κ2) is 10.8. The van der Waals surface area contributed by atoms with Gasteiger partial charge in [-0.15, -0.1) is 0 Å². The summed E-state index contributed by atoms with van der Waals surface area (Å²) >= 11 is 5.60. The lowest BCUT2D eigenvalue weighted by Crippen LogP contribution is -2.52. The van der Waals surface area contributed by atoms with Crippen molar-refractivity contribution in [1.29, 1.82) is 0 Å². The minimum Gasteiger partial charge on any atom is -0.496 e. The Balaban J connectivity index is 1.45. The fraction of sp³-hybridized carbons (Fsp3) is 0.364. The van der Waals surface area contributed by atoms with Crippen LogP contribution in [-0.4, -0.2) is 61.6 Å². The second-order valence-electron chi connectivity index (χ2n) is 7.47. The molecule has 7 nitrogen and oxygen atoms in total. The van der Waals surface area contributed by atoms with Crippen LogP contribution in [0.25, 0.3) is 0 Å². The Morgan fingerprint density at radius 1 is 1.09 bits per heavy atom. The molecule has 0 radical (unpaired) electrons. The highest BCUT2D eigenvalue weighted by molar-refractivity contribution is 6.31. The van der Waals surface area contributed by atoms with E-state index in [1.54, 1.807) is 12.0 Å². The van der Waals surface area contributed by atoms with Crippen molar-refractivity contribution in [1.82, 2.24) is 15.1 Å². The highest BCUT2D eigenvalue weighted by atomic mass is 35.5. The van der Waals surface area contributed by atoms with Crippen molar-refractivity contribution in [2.75, 3.05) is 45.2 Å². The Bertz CT molecular complexity index is 995. The van der Waals surface area contributed by atoms with Crippen molar-refractivity contribution in [3.05, 3.63) is 58.6 Å². The van der Waals surface area contributed by atoms with Crippen LogP contribution in [0.2, 0.25) is 5.02 Å². The number of benzene rings is 2. The summed E-state index contributed by atoms with van der Waals surface area (Å²) < 4.78 is 44.2. The predicted octanol–water partition coefficient (Wildman–Crippen LogP) is 3.83. The van der Waals surface area contributed by atoms with E-state index in [0.29, 0.717) is 38.5 Å². The molecule has 11 heteroatoms. The van der Waals surface area contributed by atoms with Crippen LogP contribution in [-0.2, 0) is 17.5 Å². The summed E-state index contributed by atoms with van der Waals surface area (Å²) in [6.45, 7) is 2.09. The maximum atomic E-state index is 13.0. The smallest absolute Gasteiger partial charge is 0.417 e. The maximum Gasteiger partial charge on any atom is 0.417 e. The highest BCUT2D eigenvalue weighted by Gasteiger charge is 2.33. The molecule has 33 heavy (non-hydrogen) atoms. The van der Waals surface area contributed by atoms with E-state index in [2.05, 4.69) is 10.6 Å². The Kier molecular flexibility index (Phi) is 8.04. The van der Waals surface area contributed by atoms with Gasteiger partial charge in [0, 0.05) is 44.0 Å². The molecule has 1 aliphatic rings. The molecule has 1 fully saturated rings. The Morgan fingerprint density at radius 3 is 2.45 bits per heavy atom. The molecule has 3 amide bonds. The lowest BCUT2D eigenvalue weighted by atomic mass is 10.2. The van der Waals surface area contributed by atoms with Crippen molar-refractivity contribution >= 4 is 29.2 Å². The fourth-order valence-corrected chi connectivity index (χ4v) is 3.69. The van der Waals surface area contributed by atoms with E-state index in [9.17, 15) is 22.8 Å². The third kappa shape index (κ3) is 6.75. The quantitative estimate of drug-likeness (QED) is 0.653. The lowest BCUT2D eigenvalue weighted by Gasteiger charge is -2.34. The summed E-state index contributed by atoms with van der Waals surface area (Å²) in [6, 6.07) is 10.4. The molecule has 1 heterocycles. The summed E-state index contributed by atoms with van der Waals surface area (Å²) in [5, 5.41) is 4.90. The monoisotopic (exact) mass is 484 g/mol. The number of nitrogens with zero attached hydrogens (tertiary/aromatic N) is 2. The zero-order valence-electron chi connectivity index (χ0n) is 17.9. The molecule has 2 aromatic rings. The molecule has 0 bridgehead atoms. The largest absolute Gasteiger partial charge is 0.496 e. The zero-order chi connectivity index (χ0) is 24.0. The van der Waals surface area contributed by atoms with Gasteiger partial charge in [-0.25, -0.2) is 4.79 Å². The van der Waals surface area contributed by atoms with Gasteiger partial charge in [-0.3, -0.25) is 9.69 Å². The number of hydrogen-bond acceptors (Lipinski definition) is 4. The van der Waals surface area contributed by atoms with E-state index in [-0.39, 0.29) is 18.3 Å². The first kappa shape index (κ1) is 24.7. The molecule has 0 saturated carbocycles. The standard InChI is InChI=1S/C22H24ClF3N4O3/c1-33-19-5-3-2-4-15(19)13-27-21(32)30-10-8-29(9-11-30)14-20(31)28-16-6-7-18(23)17(12-16)22(24,25)26/h2-7,12H,8-11,13-14H2,1H3,(H,27,32)(H,28,31). The van der Waals surface area contributed by atoms with Gasteiger partial charge in [-0.05, 0) is 24.3 Å². The number of ether oxygens (including phenoxy) is 1. The molecule has 0 aliphatic carbocycles. The molecule has 1 saturated heterocycles. The number of halogens is 4. The van der Waals surface area contributed by atoms with Crippen LogP contribution < -0.4 is 15.4 Å². The summed E-state index contributed by atoms with van der Waals surface area (Å²) in [5.74, 6) is 0.246. The van der Waals surface area contributed by atoms with Gasteiger partial charge >= 0.3 is 12.2 Å². The molecule has 3 rings (SSSR count). The van der Waals surface area contributed by atoms with Crippen LogP contribution in [0.5, 0.6) is 5.75 Å². The third-order valence-electron chi connectivity index (χ3n) is 5.20. The van der Waals surface area contributed by atoms with Crippen molar-refractivity contribution < 1.29 is 27.5 Å². The average molecular weight is 485 g/mol. The number of piperazine rings is 1. The summed E-state index contributed by atoms with van der Waals surface area (Å²) in [7, 11) is 1.57. The molecule has 0 aromatic heterocycles. The average Bonchev–Trinajstić information content (AvgIpc) is 2.78. The number of carbonyl (C=O) groups excluding carboxylic acids is 2. The lowest BCUT2D eigenvalue weighted by molar-refractivity contribution is -0.137. The number of alkyl halides is 3. The topological polar surface area (TPSA) is 73.9 Å². The Hall–Kier alpha value is -2.98. The first-order valence-corrected chi connectivity index (χ1v) is 10.6. The molecular weight excluding hydrogens is 461 g/mol. The summed E-state index contributed by atoms with van der Waals surface area (Å²) in [4.78, 5) is 28.2. The van der Waals surface area contributed by atoms with E-state index in [1.807, 2.05) is 29.2 Å². The number of para-hydroxylation sites is 1. The Labute approximate surface area is 194 Å². The maximum absolute atomic E-state index is 13.0. The summed E-state index contributed by atoms with van der Waals surface area (Å²) in [5.41, 5.74) is -0.125. The third-order valence-corrected chi connectivity index (χ3v) is 5.53. The first-order valence-electron chi connectivity index (χ1n) is 10.2. The normalized spacial score (nSPS) is 14.6. The molecule has 2 N–H and O–H groups in total. The molecular formula is C22H24ClF3N4O3. The van der Waals surface area contributed by atoms with Gasteiger partial charge in [0.1, 0.15) is 5.75 Å². The van der Waals surface area contributed by atoms with Crippen molar-refractivity contribution in [3.8, 4) is 5.75 Å². The van der Waals surface area contributed by atoms with Crippen molar-refractivity contribution in [2.24, 2.45) is 0 Å². The van der Waals surface area contributed by atoms with Gasteiger partial charge in [0.15, 0.2) is 0 Å². The SMILES string of the molecule is COc1ccccc1CNC(=O)N1CCN(CC(=O)Nc2ccc(Cl)c(C(F)(F)F)c2)CC1. The minimum atomic E-state index is -4.61. The number of methoxy groups -OCH3 is 1. The molecule has 0 atom stereocenters. The van der Waals surface area contributed by atoms with Crippen molar-refractivity contribution in [3.63, 3.8) is 0 Å². The first-order chi connectivity index (χ1) is 15.7. The van der Waals surface area contributed by atoms with Gasteiger partial charge in [0.25, 0.3) is 0 Å². The summed E-state index contributed by atoms with van der Waals surface area (Å²) in [6.07, 6.45) is -4.61. The van der Waals surface area contributed by atoms with Crippen LogP contribution in [0.15, 0.2) is 42.5 Å². The van der Waals surface area contributed by atoms with Gasteiger partial charge in [0.2, 0.25) is 5.91 Å². The second-order valence-corrected chi connectivity index (χ2v) is 7.88. The zero-order valence-corrected chi connectivity index (χ0v) is 18.7. The van der Waals surface area contributed by atoms with Crippen molar-refractivity contribution in [2.45, 2.75) is 12.7 Å². The van der Waals surface area contributed by atoms with Gasteiger partial charge < -0.3 is 20.3 Å². The predicted molar refractivity (Wildman–Crippen MR) is 118 cm³/mol. The van der Waals surface area contributed by atoms with Gasteiger partial charge in [-0.2, -0.15) is 13.2 Å².